The number of aromatic nitrogens is 4. The summed E-state index contributed by atoms with van der Waals surface area (Å²) in [7, 11) is -2.68. The topological polar surface area (TPSA) is 364 Å². The molecule has 0 saturated heterocycles. The van der Waals surface area contributed by atoms with Crippen LogP contribution in [0.3, 0.4) is 0 Å². The number of anilines is 2. The molecule has 0 spiro atoms. The molecule has 0 amide bonds. The zero-order valence-corrected chi connectivity index (χ0v) is 30.7. The van der Waals surface area contributed by atoms with Crippen molar-refractivity contribution >= 4 is 54.7 Å². The van der Waals surface area contributed by atoms with Crippen molar-refractivity contribution in [2.45, 2.75) is 13.8 Å². The second-order valence-corrected chi connectivity index (χ2v) is 12.3. The van der Waals surface area contributed by atoms with Crippen molar-refractivity contribution < 1.29 is 58.8 Å². The fourth-order valence-corrected chi connectivity index (χ4v) is 5.80. The van der Waals surface area contributed by atoms with E-state index in [0.717, 1.165) is 0 Å². The third-order valence-corrected chi connectivity index (χ3v) is 7.92. The third-order valence-electron chi connectivity index (χ3n) is 6.51. The van der Waals surface area contributed by atoms with E-state index in [0.29, 0.717) is 22.8 Å². The Morgan fingerprint density at radius 3 is 1.04 bits per heavy atom. The number of rotatable bonds is 8. The van der Waals surface area contributed by atoms with Gasteiger partial charge in [0.15, 0.2) is 0 Å². The predicted octanol–water partition coefficient (Wildman–Crippen LogP) is -4.48. The molecule has 0 fully saturated rings. The van der Waals surface area contributed by atoms with Crippen molar-refractivity contribution in [2.24, 2.45) is 14.1 Å². The maximum Gasteiger partial charge on any atom is 2.00 e. The molecular formula is C26H44MgN6O14S2. The van der Waals surface area contributed by atoms with E-state index in [1.54, 1.807) is 85.8 Å². The van der Waals surface area contributed by atoms with Crippen molar-refractivity contribution in [3.63, 3.8) is 0 Å². The van der Waals surface area contributed by atoms with Crippen molar-refractivity contribution in [3.8, 4) is 11.4 Å². The van der Waals surface area contributed by atoms with Crippen LogP contribution in [0.5, 0.6) is 0 Å². The molecule has 0 aliphatic carbocycles. The van der Waals surface area contributed by atoms with Crippen LogP contribution in [0.4, 0.5) is 11.4 Å². The Balaban J connectivity index is -0.000000230. The first kappa shape index (κ1) is 54.8. The molecule has 0 aliphatic heterocycles. The normalized spacial score (nSPS) is 9.96. The van der Waals surface area contributed by atoms with E-state index in [9.17, 15) is 35.5 Å². The van der Waals surface area contributed by atoms with Gasteiger partial charge in [0.05, 0.1) is 22.8 Å². The van der Waals surface area contributed by atoms with E-state index in [1.807, 2.05) is 12.1 Å². The van der Waals surface area contributed by atoms with Crippen molar-refractivity contribution in [2.75, 3.05) is 35.6 Å². The van der Waals surface area contributed by atoms with E-state index < -0.39 is 32.0 Å². The number of hydrogen-bond donors (Lipinski definition) is 0. The van der Waals surface area contributed by atoms with E-state index in [2.05, 4.69) is 0 Å². The molecule has 276 valence electrons. The summed E-state index contributed by atoms with van der Waals surface area (Å²) in [5.74, 6) is -1.50. The van der Waals surface area contributed by atoms with E-state index in [4.69, 9.17) is 0 Å². The van der Waals surface area contributed by atoms with E-state index in [1.165, 1.54) is 33.3 Å². The molecule has 2 heterocycles. The van der Waals surface area contributed by atoms with Crippen LogP contribution in [0.25, 0.3) is 11.4 Å². The van der Waals surface area contributed by atoms with Crippen molar-refractivity contribution in [1.29, 1.82) is 0 Å². The van der Waals surface area contributed by atoms with Crippen molar-refractivity contribution in [3.05, 3.63) is 92.8 Å². The minimum atomic E-state index is -4.45. The fourth-order valence-electron chi connectivity index (χ4n) is 4.59. The van der Waals surface area contributed by atoms with Crippen LogP contribution < -0.4 is 20.9 Å². The van der Waals surface area contributed by atoms with Gasteiger partial charge < -0.3 is 51.8 Å². The van der Waals surface area contributed by atoms with Gasteiger partial charge in [0, 0.05) is 28.2 Å². The van der Waals surface area contributed by atoms with Crippen LogP contribution in [0, 0.1) is 13.8 Å². The summed E-state index contributed by atoms with van der Waals surface area (Å²) in [6.07, 6.45) is 0. The van der Waals surface area contributed by atoms with Gasteiger partial charge in [-0.05, 0) is 38.1 Å². The van der Waals surface area contributed by atoms with Crippen molar-refractivity contribution in [1.82, 2.24) is 18.7 Å². The molecule has 0 atom stereocenters. The van der Waals surface area contributed by atoms with Gasteiger partial charge in [-0.15, -0.1) is 0 Å². The van der Waals surface area contributed by atoms with Crippen LogP contribution in [-0.4, -0.2) is 126 Å². The van der Waals surface area contributed by atoms with Gasteiger partial charge in [0.25, 0.3) is 11.1 Å². The monoisotopic (exact) mass is 752 g/mol. The number of nitrogens with zero attached hydrogens (tertiary/aromatic N) is 6. The maximum atomic E-state index is 12.5. The second kappa shape index (κ2) is 21.5. The summed E-state index contributed by atoms with van der Waals surface area (Å²) in [4.78, 5) is 27.4. The quantitative estimate of drug-likeness (QED) is 0.123. The Morgan fingerprint density at radius 2 is 0.816 bits per heavy atom. The molecule has 0 saturated carbocycles. The first-order valence-electron chi connectivity index (χ1n) is 12.4. The molecular weight excluding hydrogens is 709 g/mol. The fraction of sp³-hybridized carbons (Fsp3) is 0.308. The van der Waals surface area contributed by atoms with Crippen LogP contribution in [-0.2, 0) is 34.3 Å². The Bertz CT molecular complexity index is 1770. The number of hydrogen-bond acceptors (Lipinski definition) is 10. The zero-order valence-electron chi connectivity index (χ0n) is 27.7. The first-order chi connectivity index (χ1) is 19.4. The smallest absolute Gasteiger partial charge is 0.747 e. The molecule has 4 rings (SSSR count). The van der Waals surface area contributed by atoms with Gasteiger partial charge in [-0.25, -0.2) is 26.2 Å². The Kier molecular flexibility index (Phi) is 24.0. The second-order valence-electron chi connectivity index (χ2n) is 9.59. The van der Waals surface area contributed by atoms with Gasteiger partial charge >= 0.3 is 23.1 Å². The Morgan fingerprint density at radius 1 is 0.571 bits per heavy atom. The molecule has 20 nitrogen and oxygen atoms in total. The SMILES string of the molecule is Cc1c(N(C)CS(=O)(=O)[O-])c(=O)n(-c2ccccc2)n1C.Cc1c(N(C)CS(=O)(=O)[O-])c(=O)n(-c2ccccc2)n1C.O.O.O.O.O.O.[Mg+2]. The van der Waals surface area contributed by atoms with Gasteiger partial charge in [-0.3, -0.25) is 19.0 Å². The first-order valence-corrected chi connectivity index (χ1v) is 15.6. The molecule has 0 unspecified atom stereocenters. The summed E-state index contributed by atoms with van der Waals surface area (Å²) in [6.45, 7) is 3.40. The van der Waals surface area contributed by atoms with Crippen LogP contribution in [0.15, 0.2) is 70.3 Å². The van der Waals surface area contributed by atoms with Gasteiger partial charge in [-0.1, -0.05) is 36.4 Å². The number of para-hydroxylation sites is 2. The standard InChI is InChI=1S/2C13H17N3O4S.Mg.6H2O/c2*1-10-12(14(2)9-21(18,19)20)13(17)16(15(10)3)11-7-5-4-6-8-11;;;;;;;/h2*4-8H,9H2,1-3H3,(H,18,19,20);;6*1H2/q;;+2;;;;;;/p-2. The summed E-state index contributed by atoms with van der Waals surface area (Å²) in [5, 5.41) is 0. The van der Waals surface area contributed by atoms with E-state index >= 15 is 0 Å². The van der Waals surface area contributed by atoms with Crippen LogP contribution >= 0.6 is 0 Å². The van der Waals surface area contributed by atoms with Crippen LogP contribution in [0.2, 0.25) is 0 Å². The summed E-state index contributed by atoms with van der Waals surface area (Å²) < 4.78 is 71.4. The summed E-state index contributed by atoms with van der Waals surface area (Å²) >= 11 is 0. The minimum absolute atomic E-state index is 0. The summed E-state index contributed by atoms with van der Waals surface area (Å²) in [5.41, 5.74) is 2.14. The van der Waals surface area contributed by atoms with E-state index in [-0.39, 0.29) is 78.4 Å². The molecule has 12 N–H and O–H groups in total. The average molecular weight is 753 g/mol. The van der Waals surface area contributed by atoms with Gasteiger partial charge in [0.2, 0.25) is 0 Å². The predicted molar refractivity (Wildman–Crippen MR) is 185 cm³/mol. The molecule has 0 bridgehead atoms. The molecule has 2 aromatic heterocycles. The summed E-state index contributed by atoms with van der Waals surface area (Å²) in [6, 6.07) is 18.0. The molecule has 23 heteroatoms. The molecule has 0 aliphatic rings. The third kappa shape index (κ3) is 13.0. The number of benzene rings is 2. The Labute approximate surface area is 298 Å². The van der Waals surface area contributed by atoms with Gasteiger partial charge in [0.1, 0.15) is 43.4 Å². The zero-order chi connectivity index (χ0) is 31.6. The Hall–Kier alpha value is -3.59. The molecule has 49 heavy (non-hydrogen) atoms. The average Bonchev–Trinajstić information content (AvgIpc) is 3.25. The largest absolute Gasteiger partial charge is 2.00 e. The minimum Gasteiger partial charge on any atom is -0.747 e. The molecule has 2 aromatic carbocycles. The van der Waals surface area contributed by atoms with Gasteiger partial charge in [-0.2, -0.15) is 0 Å². The molecule has 4 aromatic rings. The van der Waals surface area contributed by atoms with Crippen LogP contribution in [0.1, 0.15) is 11.4 Å². The maximum absolute atomic E-state index is 12.5. The molecule has 0 radical (unpaired) electrons.